The van der Waals surface area contributed by atoms with Gasteiger partial charge < -0.3 is 10.1 Å². The van der Waals surface area contributed by atoms with Crippen LogP contribution >= 0.6 is 34.5 Å². The van der Waals surface area contributed by atoms with Crippen molar-refractivity contribution in [2.75, 3.05) is 19.5 Å². The summed E-state index contributed by atoms with van der Waals surface area (Å²) in [6.07, 6.45) is 0. The van der Waals surface area contributed by atoms with Gasteiger partial charge in [-0.25, -0.2) is 9.97 Å². The van der Waals surface area contributed by atoms with Gasteiger partial charge in [0.15, 0.2) is 5.82 Å². The van der Waals surface area contributed by atoms with E-state index >= 15 is 0 Å². The van der Waals surface area contributed by atoms with Gasteiger partial charge in [0.05, 0.1) is 17.6 Å². The Morgan fingerprint density at radius 3 is 2.76 bits per heavy atom. The number of rotatable bonds is 3. The van der Waals surface area contributed by atoms with Crippen molar-refractivity contribution < 1.29 is 4.74 Å². The van der Waals surface area contributed by atoms with Crippen LogP contribution in [0.25, 0.3) is 21.6 Å². The zero-order valence-corrected chi connectivity index (χ0v) is 13.6. The Morgan fingerprint density at radius 1 is 1.24 bits per heavy atom. The maximum absolute atomic E-state index is 6.27. The molecule has 21 heavy (non-hydrogen) atoms. The van der Waals surface area contributed by atoms with Crippen molar-refractivity contribution in [3.05, 3.63) is 33.6 Å². The number of hydrogen-bond acceptors (Lipinski definition) is 5. The topological polar surface area (TPSA) is 47.0 Å². The molecule has 1 N–H and O–H groups in total. The molecule has 1 aromatic carbocycles. The van der Waals surface area contributed by atoms with E-state index in [1.807, 2.05) is 11.4 Å². The van der Waals surface area contributed by atoms with Gasteiger partial charge in [-0.15, -0.1) is 11.3 Å². The van der Waals surface area contributed by atoms with Crippen LogP contribution in [-0.4, -0.2) is 24.1 Å². The van der Waals surface area contributed by atoms with E-state index in [1.54, 1.807) is 26.3 Å². The Kier molecular flexibility index (Phi) is 3.89. The predicted octanol–water partition coefficient (Wildman–Crippen LogP) is 4.72. The molecule has 2 heterocycles. The third kappa shape index (κ3) is 2.52. The molecule has 0 atom stereocenters. The van der Waals surface area contributed by atoms with Gasteiger partial charge in [0.1, 0.15) is 16.4 Å². The van der Waals surface area contributed by atoms with Gasteiger partial charge in [-0.1, -0.05) is 23.2 Å². The number of nitrogens with one attached hydrogen (secondary N) is 1. The Hall–Kier alpha value is -1.56. The van der Waals surface area contributed by atoms with E-state index in [4.69, 9.17) is 27.9 Å². The van der Waals surface area contributed by atoms with Crippen molar-refractivity contribution in [2.24, 2.45) is 0 Å². The van der Waals surface area contributed by atoms with Gasteiger partial charge in [-0.05, 0) is 23.6 Å². The van der Waals surface area contributed by atoms with Gasteiger partial charge in [-0.3, -0.25) is 0 Å². The van der Waals surface area contributed by atoms with Crippen molar-refractivity contribution in [2.45, 2.75) is 0 Å². The van der Waals surface area contributed by atoms with Crippen LogP contribution in [0.5, 0.6) is 5.75 Å². The molecular formula is C14H11Cl2N3OS. The van der Waals surface area contributed by atoms with Crippen LogP contribution in [0.15, 0.2) is 23.6 Å². The lowest BCUT2D eigenvalue weighted by atomic mass is 10.2. The molecule has 0 radical (unpaired) electrons. The van der Waals surface area contributed by atoms with E-state index in [2.05, 4.69) is 15.3 Å². The lowest BCUT2D eigenvalue weighted by Crippen LogP contribution is -1.99. The van der Waals surface area contributed by atoms with Gasteiger partial charge >= 0.3 is 0 Å². The molecule has 0 bridgehead atoms. The molecule has 0 saturated carbocycles. The minimum absolute atomic E-state index is 0.494. The summed E-state index contributed by atoms with van der Waals surface area (Å²) in [6.45, 7) is 0. The first-order chi connectivity index (χ1) is 10.1. The predicted molar refractivity (Wildman–Crippen MR) is 89.0 cm³/mol. The summed E-state index contributed by atoms with van der Waals surface area (Å²) in [7, 11) is 3.42. The van der Waals surface area contributed by atoms with E-state index in [0.29, 0.717) is 27.2 Å². The van der Waals surface area contributed by atoms with Crippen molar-refractivity contribution in [1.29, 1.82) is 0 Å². The number of halogens is 2. The summed E-state index contributed by atoms with van der Waals surface area (Å²) in [5, 5.41) is 6.82. The second-order valence-electron chi connectivity index (χ2n) is 4.25. The maximum Gasteiger partial charge on any atom is 0.176 e. The Morgan fingerprint density at radius 2 is 2.05 bits per heavy atom. The number of benzene rings is 1. The summed E-state index contributed by atoms with van der Waals surface area (Å²) < 4.78 is 5.33. The minimum atomic E-state index is 0.494. The molecule has 2 aromatic heterocycles. The fourth-order valence-corrected chi connectivity index (χ4v) is 3.40. The number of nitrogens with zero attached hydrogens (tertiary/aromatic N) is 2. The fraction of sp³-hybridized carbons (Fsp3) is 0.143. The first kappa shape index (κ1) is 14.4. The molecule has 0 aliphatic carbocycles. The molecule has 0 fully saturated rings. The lowest BCUT2D eigenvalue weighted by molar-refractivity contribution is 0.418. The van der Waals surface area contributed by atoms with Crippen LogP contribution in [-0.2, 0) is 0 Å². The monoisotopic (exact) mass is 339 g/mol. The van der Waals surface area contributed by atoms with E-state index in [1.165, 1.54) is 11.3 Å². The summed E-state index contributed by atoms with van der Waals surface area (Å²) in [4.78, 5) is 9.97. The van der Waals surface area contributed by atoms with Gasteiger partial charge in [0, 0.05) is 17.5 Å². The first-order valence-electron chi connectivity index (χ1n) is 6.10. The number of methoxy groups -OCH3 is 1. The molecule has 3 rings (SSSR count). The first-order valence-corrected chi connectivity index (χ1v) is 7.74. The standard InChI is InChI=1S/C14H11Cl2N3OS/c1-17-13-8-5-7(15)6-9(16)11(8)18-14(19-13)12-10(20-2)3-4-21-12/h3-6H,1-2H3,(H,17,18,19). The van der Waals surface area contributed by atoms with E-state index in [9.17, 15) is 0 Å². The minimum Gasteiger partial charge on any atom is -0.495 e. The number of anilines is 1. The van der Waals surface area contributed by atoms with Gasteiger partial charge in [0.25, 0.3) is 0 Å². The summed E-state index contributed by atoms with van der Waals surface area (Å²) in [5.74, 6) is 1.99. The Bertz CT molecular complexity index is 819. The van der Waals surface area contributed by atoms with Crippen molar-refractivity contribution in [1.82, 2.24) is 9.97 Å². The van der Waals surface area contributed by atoms with Crippen LogP contribution in [0.3, 0.4) is 0 Å². The largest absolute Gasteiger partial charge is 0.495 e. The normalized spacial score (nSPS) is 10.9. The lowest BCUT2D eigenvalue weighted by Gasteiger charge is -2.10. The third-order valence-electron chi connectivity index (χ3n) is 3.01. The molecule has 0 aliphatic rings. The van der Waals surface area contributed by atoms with E-state index in [-0.39, 0.29) is 0 Å². The van der Waals surface area contributed by atoms with Crippen LogP contribution in [0.1, 0.15) is 0 Å². The van der Waals surface area contributed by atoms with Crippen LogP contribution < -0.4 is 10.1 Å². The van der Waals surface area contributed by atoms with Gasteiger partial charge in [-0.2, -0.15) is 0 Å². The highest BCUT2D eigenvalue weighted by molar-refractivity contribution is 7.13. The Balaban J connectivity index is 2.31. The summed E-state index contributed by atoms with van der Waals surface area (Å²) >= 11 is 13.8. The number of fused-ring (bicyclic) bond motifs is 1. The smallest absolute Gasteiger partial charge is 0.176 e. The van der Waals surface area contributed by atoms with Crippen molar-refractivity contribution in [3.63, 3.8) is 0 Å². The number of hydrogen-bond donors (Lipinski definition) is 1. The molecule has 4 nitrogen and oxygen atoms in total. The quantitative estimate of drug-likeness (QED) is 0.750. The van der Waals surface area contributed by atoms with Crippen molar-refractivity contribution in [3.8, 4) is 16.5 Å². The number of aromatic nitrogens is 2. The summed E-state index contributed by atoms with van der Waals surface area (Å²) in [6, 6.07) is 5.35. The molecule has 7 heteroatoms. The molecular weight excluding hydrogens is 329 g/mol. The second kappa shape index (κ2) is 5.67. The third-order valence-corrected chi connectivity index (χ3v) is 4.41. The fourth-order valence-electron chi connectivity index (χ4n) is 2.07. The average Bonchev–Trinajstić information content (AvgIpc) is 2.94. The molecule has 3 aromatic rings. The molecule has 0 saturated heterocycles. The second-order valence-corrected chi connectivity index (χ2v) is 6.01. The van der Waals surface area contributed by atoms with Gasteiger partial charge in [0.2, 0.25) is 0 Å². The SMILES string of the molecule is CNc1nc(-c2sccc2OC)nc2c(Cl)cc(Cl)cc12. The van der Waals surface area contributed by atoms with Crippen LogP contribution in [0.4, 0.5) is 5.82 Å². The molecule has 0 spiro atoms. The Labute approximate surface area is 135 Å². The zero-order valence-electron chi connectivity index (χ0n) is 11.3. The average molecular weight is 340 g/mol. The molecule has 0 unspecified atom stereocenters. The maximum atomic E-state index is 6.27. The number of ether oxygens (including phenoxy) is 1. The highest BCUT2D eigenvalue weighted by Gasteiger charge is 2.16. The summed E-state index contributed by atoms with van der Waals surface area (Å²) in [5.41, 5.74) is 0.658. The highest BCUT2D eigenvalue weighted by Crippen LogP contribution is 2.37. The van der Waals surface area contributed by atoms with Crippen LogP contribution in [0.2, 0.25) is 10.0 Å². The molecule has 108 valence electrons. The molecule has 0 aliphatic heterocycles. The highest BCUT2D eigenvalue weighted by atomic mass is 35.5. The zero-order chi connectivity index (χ0) is 15.0. The number of thiophene rings is 1. The van der Waals surface area contributed by atoms with Crippen molar-refractivity contribution >= 4 is 51.3 Å². The van der Waals surface area contributed by atoms with E-state index in [0.717, 1.165) is 16.0 Å². The van der Waals surface area contributed by atoms with Crippen LogP contribution in [0, 0.1) is 0 Å². The molecule has 0 amide bonds. The van der Waals surface area contributed by atoms with E-state index < -0.39 is 0 Å².